The highest BCUT2D eigenvalue weighted by Gasteiger charge is 2.36. The maximum absolute atomic E-state index is 11.0. The number of para-hydroxylation sites is 1. The van der Waals surface area contributed by atoms with Crippen LogP contribution in [0.3, 0.4) is 0 Å². The SMILES string of the molecule is C[C@@H](NC[C@@]1(O)CCc2ccccc21)c1ccccc1N(C)C. The Morgan fingerprint density at radius 2 is 1.83 bits per heavy atom. The average molecular weight is 310 g/mol. The van der Waals surface area contributed by atoms with Gasteiger partial charge in [0.25, 0.3) is 0 Å². The Balaban J connectivity index is 1.74. The van der Waals surface area contributed by atoms with Gasteiger partial charge in [-0.15, -0.1) is 0 Å². The maximum Gasteiger partial charge on any atom is 0.103 e. The summed E-state index contributed by atoms with van der Waals surface area (Å²) in [6, 6.07) is 16.8. The molecule has 0 bridgehead atoms. The second-order valence-electron chi connectivity index (χ2n) is 6.74. The van der Waals surface area contributed by atoms with Gasteiger partial charge in [0.15, 0.2) is 0 Å². The molecule has 0 heterocycles. The summed E-state index contributed by atoms with van der Waals surface area (Å²) < 4.78 is 0. The maximum atomic E-state index is 11.0. The third kappa shape index (κ3) is 3.12. The Kier molecular flexibility index (Phi) is 4.42. The van der Waals surface area contributed by atoms with Crippen LogP contribution in [0.4, 0.5) is 5.69 Å². The fraction of sp³-hybridized carbons (Fsp3) is 0.400. The lowest BCUT2D eigenvalue weighted by Gasteiger charge is -2.28. The molecule has 0 fully saturated rings. The quantitative estimate of drug-likeness (QED) is 0.890. The highest BCUT2D eigenvalue weighted by atomic mass is 16.3. The van der Waals surface area contributed by atoms with Crippen LogP contribution in [-0.4, -0.2) is 25.7 Å². The van der Waals surface area contributed by atoms with E-state index >= 15 is 0 Å². The van der Waals surface area contributed by atoms with E-state index in [0.29, 0.717) is 6.54 Å². The molecule has 3 nitrogen and oxygen atoms in total. The lowest BCUT2D eigenvalue weighted by Crippen LogP contribution is -2.37. The van der Waals surface area contributed by atoms with Crippen LogP contribution >= 0.6 is 0 Å². The van der Waals surface area contributed by atoms with E-state index in [1.165, 1.54) is 16.8 Å². The zero-order valence-corrected chi connectivity index (χ0v) is 14.2. The molecule has 1 aliphatic carbocycles. The van der Waals surface area contributed by atoms with E-state index in [0.717, 1.165) is 18.4 Å². The van der Waals surface area contributed by atoms with Crippen LogP contribution in [-0.2, 0) is 12.0 Å². The molecule has 0 unspecified atom stereocenters. The van der Waals surface area contributed by atoms with E-state index < -0.39 is 5.60 Å². The van der Waals surface area contributed by atoms with Crippen molar-refractivity contribution in [2.45, 2.75) is 31.4 Å². The predicted molar refractivity (Wildman–Crippen MR) is 95.8 cm³/mol. The number of fused-ring (bicyclic) bond motifs is 1. The number of hydrogen-bond acceptors (Lipinski definition) is 3. The van der Waals surface area contributed by atoms with E-state index in [1.807, 2.05) is 12.1 Å². The molecule has 122 valence electrons. The third-order valence-electron chi connectivity index (χ3n) is 4.91. The molecular weight excluding hydrogens is 284 g/mol. The Morgan fingerprint density at radius 1 is 1.13 bits per heavy atom. The van der Waals surface area contributed by atoms with Crippen LogP contribution < -0.4 is 10.2 Å². The van der Waals surface area contributed by atoms with E-state index in [9.17, 15) is 5.11 Å². The van der Waals surface area contributed by atoms with Crippen molar-refractivity contribution in [1.29, 1.82) is 0 Å². The molecule has 0 amide bonds. The first kappa shape index (κ1) is 16.0. The summed E-state index contributed by atoms with van der Waals surface area (Å²) in [5.74, 6) is 0. The first-order valence-electron chi connectivity index (χ1n) is 8.32. The van der Waals surface area contributed by atoms with Crippen molar-refractivity contribution < 1.29 is 5.11 Å². The van der Waals surface area contributed by atoms with Gasteiger partial charge in [-0.1, -0.05) is 42.5 Å². The lowest BCUT2D eigenvalue weighted by molar-refractivity contribution is 0.0363. The van der Waals surface area contributed by atoms with Crippen LogP contribution in [0.25, 0.3) is 0 Å². The first-order chi connectivity index (χ1) is 11.0. The monoisotopic (exact) mass is 310 g/mol. The highest BCUT2D eigenvalue weighted by molar-refractivity contribution is 5.53. The molecule has 3 heteroatoms. The summed E-state index contributed by atoms with van der Waals surface area (Å²) in [4.78, 5) is 2.13. The average Bonchev–Trinajstić information content (AvgIpc) is 2.91. The molecule has 0 radical (unpaired) electrons. The summed E-state index contributed by atoms with van der Waals surface area (Å²) in [6.07, 6.45) is 1.75. The summed E-state index contributed by atoms with van der Waals surface area (Å²) in [7, 11) is 4.12. The molecular formula is C20H26N2O. The number of aryl methyl sites for hydroxylation is 1. The fourth-order valence-corrected chi connectivity index (χ4v) is 3.54. The smallest absolute Gasteiger partial charge is 0.103 e. The van der Waals surface area contributed by atoms with Gasteiger partial charge in [0.05, 0.1) is 0 Å². The fourth-order valence-electron chi connectivity index (χ4n) is 3.54. The second kappa shape index (κ2) is 6.34. The minimum absolute atomic E-state index is 0.186. The number of aliphatic hydroxyl groups is 1. The number of rotatable bonds is 5. The van der Waals surface area contributed by atoms with Gasteiger partial charge in [0.2, 0.25) is 0 Å². The molecule has 2 N–H and O–H groups in total. The summed E-state index contributed by atoms with van der Waals surface area (Å²) in [5.41, 5.74) is 4.08. The van der Waals surface area contributed by atoms with Crippen LogP contribution in [0, 0.1) is 0 Å². The normalized spacial score (nSPS) is 21.0. The van der Waals surface area contributed by atoms with Gasteiger partial charge < -0.3 is 15.3 Å². The topological polar surface area (TPSA) is 35.5 Å². The summed E-state index contributed by atoms with van der Waals surface area (Å²) in [5, 5.41) is 14.6. The molecule has 0 aromatic heterocycles. The molecule has 0 spiro atoms. The predicted octanol–water partition coefficient (Wildman–Crippen LogP) is 3.24. The van der Waals surface area contributed by atoms with Crippen molar-refractivity contribution in [3.8, 4) is 0 Å². The van der Waals surface area contributed by atoms with E-state index in [2.05, 4.69) is 67.6 Å². The number of anilines is 1. The van der Waals surface area contributed by atoms with Crippen LogP contribution in [0.1, 0.15) is 36.1 Å². The van der Waals surface area contributed by atoms with Gasteiger partial charge >= 0.3 is 0 Å². The second-order valence-corrected chi connectivity index (χ2v) is 6.74. The molecule has 0 aliphatic heterocycles. The van der Waals surface area contributed by atoms with Crippen LogP contribution in [0.5, 0.6) is 0 Å². The molecule has 0 saturated heterocycles. The number of benzene rings is 2. The van der Waals surface area contributed by atoms with Gasteiger partial charge in [-0.2, -0.15) is 0 Å². The minimum atomic E-state index is -0.752. The molecule has 1 aliphatic rings. The molecule has 2 aromatic rings. The number of nitrogens with zero attached hydrogens (tertiary/aromatic N) is 1. The van der Waals surface area contributed by atoms with Crippen molar-refractivity contribution in [3.63, 3.8) is 0 Å². The highest BCUT2D eigenvalue weighted by Crippen LogP contribution is 2.36. The summed E-state index contributed by atoms with van der Waals surface area (Å²) in [6.45, 7) is 2.74. The zero-order chi connectivity index (χ0) is 16.4. The third-order valence-corrected chi connectivity index (χ3v) is 4.91. The first-order valence-corrected chi connectivity index (χ1v) is 8.32. The Morgan fingerprint density at radius 3 is 2.61 bits per heavy atom. The minimum Gasteiger partial charge on any atom is -0.384 e. The molecule has 2 atom stereocenters. The molecule has 3 rings (SSSR count). The molecule has 23 heavy (non-hydrogen) atoms. The van der Waals surface area contributed by atoms with E-state index in [-0.39, 0.29) is 6.04 Å². The number of hydrogen-bond donors (Lipinski definition) is 2. The standard InChI is InChI=1S/C20H26N2O/c1-15(17-9-5-7-11-19(17)22(2)3)21-14-20(23)13-12-16-8-4-6-10-18(16)20/h4-11,15,21,23H,12-14H2,1-3H3/t15-,20+/m1/s1. The Labute approximate surface area is 139 Å². The van der Waals surface area contributed by atoms with Gasteiger partial charge in [0, 0.05) is 32.4 Å². The van der Waals surface area contributed by atoms with Gasteiger partial charge in [-0.25, -0.2) is 0 Å². The van der Waals surface area contributed by atoms with Crippen LogP contribution in [0.15, 0.2) is 48.5 Å². The van der Waals surface area contributed by atoms with Gasteiger partial charge in [-0.05, 0) is 42.5 Å². The number of nitrogens with one attached hydrogen (secondary N) is 1. The molecule has 0 saturated carbocycles. The van der Waals surface area contributed by atoms with Crippen molar-refractivity contribution in [2.24, 2.45) is 0 Å². The molecule has 2 aromatic carbocycles. The van der Waals surface area contributed by atoms with Gasteiger partial charge in [-0.3, -0.25) is 0 Å². The van der Waals surface area contributed by atoms with Crippen molar-refractivity contribution in [2.75, 3.05) is 25.5 Å². The van der Waals surface area contributed by atoms with E-state index in [1.54, 1.807) is 0 Å². The van der Waals surface area contributed by atoms with Crippen molar-refractivity contribution in [1.82, 2.24) is 5.32 Å². The van der Waals surface area contributed by atoms with E-state index in [4.69, 9.17) is 0 Å². The van der Waals surface area contributed by atoms with Crippen molar-refractivity contribution >= 4 is 5.69 Å². The van der Waals surface area contributed by atoms with Gasteiger partial charge in [0.1, 0.15) is 5.60 Å². The zero-order valence-electron chi connectivity index (χ0n) is 14.2. The Hall–Kier alpha value is -1.84. The van der Waals surface area contributed by atoms with Crippen LogP contribution in [0.2, 0.25) is 0 Å². The Bertz CT molecular complexity index is 683. The summed E-state index contributed by atoms with van der Waals surface area (Å²) >= 11 is 0. The lowest BCUT2D eigenvalue weighted by atomic mass is 9.95. The largest absolute Gasteiger partial charge is 0.384 e. The van der Waals surface area contributed by atoms with Crippen molar-refractivity contribution in [3.05, 3.63) is 65.2 Å².